The van der Waals surface area contributed by atoms with Crippen molar-refractivity contribution in [2.75, 3.05) is 65.3 Å². The van der Waals surface area contributed by atoms with E-state index in [1.165, 1.54) is 12.8 Å². The molecule has 0 spiro atoms. The number of guanidine groups is 1. The van der Waals surface area contributed by atoms with Gasteiger partial charge in [-0.1, -0.05) is 0 Å². The van der Waals surface area contributed by atoms with Crippen LogP contribution in [0.3, 0.4) is 0 Å². The molecule has 0 aromatic heterocycles. The van der Waals surface area contributed by atoms with Crippen LogP contribution in [0.5, 0.6) is 0 Å². The molecule has 0 saturated carbocycles. The molecule has 0 aliphatic carbocycles. The number of likely N-dealkylation sites (tertiary alicyclic amines) is 1. The van der Waals surface area contributed by atoms with Crippen molar-refractivity contribution >= 4 is 40.0 Å². The van der Waals surface area contributed by atoms with Crippen LogP contribution in [-0.2, 0) is 14.8 Å². The van der Waals surface area contributed by atoms with Crippen molar-refractivity contribution in [3.63, 3.8) is 0 Å². The Morgan fingerprint density at radius 2 is 1.76 bits per heavy atom. The highest BCUT2D eigenvalue weighted by atomic mass is 127. The number of aliphatic imine (C=N–C) groups is 1. The van der Waals surface area contributed by atoms with Crippen LogP contribution >= 0.6 is 24.0 Å². The maximum Gasteiger partial charge on any atom is 0.213 e. The Kier molecular flexibility index (Phi) is 13.0. The van der Waals surface area contributed by atoms with Crippen LogP contribution < -0.4 is 10.6 Å². The average molecular weight is 546 g/mol. The van der Waals surface area contributed by atoms with Gasteiger partial charge in [0.25, 0.3) is 0 Å². The summed E-state index contributed by atoms with van der Waals surface area (Å²) in [4.78, 5) is 7.29. The minimum Gasteiger partial charge on any atom is -0.383 e. The van der Waals surface area contributed by atoms with Crippen LogP contribution in [0, 0.1) is 5.92 Å². The number of methoxy groups -OCH3 is 1. The number of sulfonamides is 1. The molecule has 10 heteroatoms. The highest BCUT2D eigenvalue weighted by Gasteiger charge is 2.27. The van der Waals surface area contributed by atoms with Crippen molar-refractivity contribution in [2.45, 2.75) is 45.6 Å². The zero-order valence-electron chi connectivity index (χ0n) is 18.2. The van der Waals surface area contributed by atoms with Crippen LogP contribution in [0.2, 0.25) is 0 Å². The second-order valence-corrected chi connectivity index (χ2v) is 9.97. The molecular weight excluding hydrogens is 505 g/mol. The van der Waals surface area contributed by atoms with Crippen molar-refractivity contribution in [2.24, 2.45) is 10.9 Å². The van der Waals surface area contributed by atoms with Gasteiger partial charge in [-0.3, -0.25) is 4.99 Å². The van der Waals surface area contributed by atoms with Crippen LogP contribution in [0.15, 0.2) is 4.99 Å². The van der Waals surface area contributed by atoms with Gasteiger partial charge >= 0.3 is 0 Å². The van der Waals surface area contributed by atoms with Gasteiger partial charge < -0.3 is 20.3 Å². The first-order valence-corrected chi connectivity index (χ1v) is 12.3. The van der Waals surface area contributed by atoms with Gasteiger partial charge in [-0.15, -0.1) is 24.0 Å². The van der Waals surface area contributed by atoms with Gasteiger partial charge in [0, 0.05) is 45.9 Å². The number of rotatable bonds is 9. The molecule has 2 saturated heterocycles. The lowest BCUT2D eigenvalue weighted by Crippen LogP contribution is -2.50. The van der Waals surface area contributed by atoms with Crippen LogP contribution in [0.4, 0.5) is 0 Å². The zero-order valence-corrected chi connectivity index (χ0v) is 21.4. The fourth-order valence-electron chi connectivity index (χ4n) is 3.81. The quantitative estimate of drug-likeness (QED) is 0.259. The summed E-state index contributed by atoms with van der Waals surface area (Å²) in [6.45, 7) is 10.7. The third kappa shape index (κ3) is 9.24. The van der Waals surface area contributed by atoms with Crippen molar-refractivity contribution < 1.29 is 13.2 Å². The molecule has 172 valence electrons. The fourth-order valence-corrected chi connectivity index (χ4v) is 4.94. The molecule has 0 radical (unpaired) electrons. The zero-order chi connectivity index (χ0) is 20.4. The van der Waals surface area contributed by atoms with E-state index in [1.54, 1.807) is 18.3 Å². The Morgan fingerprint density at radius 1 is 1.10 bits per heavy atom. The van der Waals surface area contributed by atoms with Crippen molar-refractivity contribution in [1.82, 2.24) is 19.8 Å². The maximum atomic E-state index is 12.0. The van der Waals surface area contributed by atoms with E-state index >= 15 is 0 Å². The highest BCUT2D eigenvalue weighted by Crippen LogP contribution is 2.18. The second kappa shape index (κ2) is 14.0. The van der Waals surface area contributed by atoms with E-state index in [0.717, 1.165) is 58.1 Å². The third-order valence-electron chi connectivity index (χ3n) is 5.72. The predicted octanol–water partition coefficient (Wildman–Crippen LogP) is 1.33. The molecule has 0 amide bonds. The lowest BCUT2D eigenvalue weighted by atomic mass is 9.97. The number of ether oxygens (including phenoxy) is 1. The third-order valence-corrected chi connectivity index (χ3v) is 7.61. The summed E-state index contributed by atoms with van der Waals surface area (Å²) in [6, 6.07) is 0.275. The minimum atomic E-state index is -3.07. The Hall–Kier alpha value is -0.170. The van der Waals surface area contributed by atoms with Crippen molar-refractivity contribution in [1.29, 1.82) is 0 Å². The van der Waals surface area contributed by atoms with E-state index in [9.17, 15) is 8.42 Å². The molecule has 0 aromatic rings. The molecule has 2 aliphatic rings. The SMILES string of the molecule is CCNC(=NCC1CCN(CCOC)CC1)NC1CCN(S(=O)(=O)CC)CC1.I. The van der Waals surface area contributed by atoms with Gasteiger partial charge in [-0.05, 0) is 58.5 Å². The molecule has 0 bridgehead atoms. The summed E-state index contributed by atoms with van der Waals surface area (Å²) in [5.41, 5.74) is 0. The van der Waals surface area contributed by atoms with E-state index in [2.05, 4.69) is 22.5 Å². The van der Waals surface area contributed by atoms with Gasteiger partial charge in [0.1, 0.15) is 0 Å². The molecule has 2 aliphatic heterocycles. The van der Waals surface area contributed by atoms with E-state index < -0.39 is 10.0 Å². The van der Waals surface area contributed by atoms with Gasteiger partial charge in [-0.2, -0.15) is 0 Å². The molecule has 2 heterocycles. The summed E-state index contributed by atoms with van der Waals surface area (Å²) in [7, 11) is -1.32. The molecule has 0 aromatic carbocycles. The largest absolute Gasteiger partial charge is 0.383 e. The smallest absolute Gasteiger partial charge is 0.213 e. The molecule has 0 atom stereocenters. The first kappa shape index (κ1) is 26.9. The van der Waals surface area contributed by atoms with E-state index in [1.807, 2.05) is 0 Å². The Labute approximate surface area is 194 Å². The Morgan fingerprint density at radius 3 is 2.31 bits per heavy atom. The van der Waals surface area contributed by atoms with E-state index in [-0.39, 0.29) is 35.8 Å². The summed E-state index contributed by atoms with van der Waals surface area (Å²) < 4.78 is 30.8. The van der Waals surface area contributed by atoms with E-state index in [0.29, 0.717) is 19.0 Å². The van der Waals surface area contributed by atoms with Gasteiger partial charge in [0.2, 0.25) is 10.0 Å². The van der Waals surface area contributed by atoms with Crippen LogP contribution in [0.25, 0.3) is 0 Å². The lowest BCUT2D eigenvalue weighted by molar-refractivity contribution is 0.121. The molecule has 29 heavy (non-hydrogen) atoms. The van der Waals surface area contributed by atoms with Gasteiger partial charge in [-0.25, -0.2) is 12.7 Å². The summed E-state index contributed by atoms with van der Waals surface area (Å²) >= 11 is 0. The molecule has 2 fully saturated rings. The van der Waals surface area contributed by atoms with Gasteiger partial charge in [0.05, 0.1) is 12.4 Å². The number of halogens is 1. The van der Waals surface area contributed by atoms with Crippen LogP contribution in [-0.4, -0.2) is 94.9 Å². The van der Waals surface area contributed by atoms with Crippen LogP contribution in [0.1, 0.15) is 39.5 Å². The Balaban J connectivity index is 0.00000420. The summed E-state index contributed by atoms with van der Waals surface area (Å²) in [6.07, 6.45) is 4.00. The fraction of sp³-hybridized carbons (Fsp3) is 0.947. The first-order valence-electron chi connectivity index (χ1n) is 10.7. The average Bonchev–Trinajstić information content (AvgIpc) is 2.72. The standard InChI is InChI=1S/C19H39N5O3S.HI/c1-4-20-19(21-16-17-6-10-23(11-7-17)14-15-27-3)22-18-8-12-24(13-9-18)28(25,26)5-2;/h17-18H,4-16H2,1-3H3,(H2,20,21,22);1H. The van der Waals surface area contributed by atoms with Crippen molar-refractivity contribution in [3.05, 3.63) is 0 Å². The number of nitrogens with one attached hydrogen (secondary N) is 2. The number of hydrogen-bond acceptors (Lipinski definition) is 5. The number of nitrogens with zero attached hydrogens (tertiary/aromatic N) is 3. The minimum absolute atomic E-state index is 0. The molecule has 8 nitrogen and oxygen atoms in total. The molecule has 2 rings (SSSR count). The molecule has 0 unspecified atom stereocenters. The predicted molar refractivity (Wildman–Crippen MR) is 130 cm³/mol. The number of piperidine rings is 2. The Bertz CT molecular complexity index is 574. The summed E-state index contributed by atoms with van der Waals surface area (Å²) in [5, 5.41) is 6.85. The number of hydrogen-bond donors (Lipinski definition) is 2. The lowest BCUT2D eigenvalue weighted by Gasteiger charge is -2.33. The van der Waals surface area contributed by atoms with Crippen molar-refractivity contribution in [3.8, 4) is 0 Å². The highest BCUT2D eigenvalue weighted by molar-refractivity contribution is 14.0. The van der Waals surface area contributed by atoms with Gasteiger partial charge in [0.15, 0.2) is 5.96 Å². The molecule has 2 N–H and O–H groups in total. The monoisotopic (exact) mass is 545 g/mol. The maximum absolute atomic E-state index is 12.0. The van der Waals surface area contributed by atoms with E-state index in [4.69, 9.17) is 9.73 Å². The summed E-state index contributed by atoms with van der Waals surface area (Å²) in [5.74, 6) is 1.67. The molecular formula is C19H40IN5O3S. The normalized spacial score (nSPS) is 21.0. The second-order valence-electron chi connectivity index (χ2n) is 7.72. The first-order chi connectivity index (χ1) is 13.5. The topological polar surface area (TPSA) is 86.3 Å².